The number of H-pyrrole nitrogens is 1. The van der Waals surface area contributed by atoms with E-state index in [1.54, 1.807) is 6.07 Å². The van der Waals surface area contributed by atoms with E-state index in [2.05, 4.69) is 30.9 Å². The molecule has 0 radical (unpaired) electrons. The zero-order valence-electron chi connectivity index (χ0n) is 10.0. The molecule has 4 heteroatoms. The van der Waals surface area contributed by atoms with Gasteiger partial charge in [-0.05, 0) is 18.8 Å². The highest BCUT2D eigenvalue weighted by atomic mass is 16.5. The topological polar surface area (TPSA) is 58.9 Å². The molecule has 0 fully saturated rings. The predicted octanol–water partition coefficient (Wildman–Crippen LogP) is 2.41. The van der Waals surface area contributed by atoms with Gasteiger partial charge in [0.15, 0.2) is 5.43 Å². The van der Waals surface area contributed by atoms with Crippen LogP contribution in [0.4, 0.5) is 0 Å². The van der Waals surface area contributed by atoms with Crippen LogP contribution in [0, 0.1) is 12.3 Å². The Morgan fingerprint density at radius 1 is 1.44 bits per heavy atom. The number of hydrogen-bond donors (Lipinski definition) is 1. The molecule has 0 aliphatic rings. The Labute approximate surface area is 93.6 Å². The third kappa shape index (κ3) is 2.01. The number of aryl methyl sites for hydroxylation is 1. The van der Waals surface area contributed by atoms with Gasteiger partial charge in [-0.3, -0.25) is 4.79 Å². The molecule has 1 N–H and O–H groups in total. The lowest BCUT2D eigenvalue weighted by Crippen LogP contribution is -2.12. The van der Waals surface area contributed by atoms with Crippen molar-refractivity contribution in [1.29, 1.82) is 0 Å². The van der Waals surface area contributed by atoms with E-state index in [1.165, 1.54) is 0 Å². The number of rotatable bonds is 1. The van der Waals surface area contributed by atoms with Gasteiger partial charge < -0.3 is 9.51 Å². The largest absolute Gasteiger partial charge is 0.337 e. The maximum absolute atomic E-state index is 11.8. The lowest BCUT2D eigenvalue weighted by Gasteiger charge is -2.15. The van der Waals surface area contributed by atoms with Gasteiger partial charge in [0, 0.05) is 11.8 Å². The highest BCUT2D eigenvalue weighted by molar-refractivity contribution is 5.75. The van der Waals surface area contributed by atoms with Crippen LogP contribution in [-0.4, -0.2) is 10.1 Å². The summed E-state index contributed by atoms with van der Waals surface area (Å²) in [6.07, 6.45) is 0.728. The van der Waals surface area contributed by atoms with Crippen LogP contribution in [-0.2, 0) is 6.42 Å². The van der Waals surface area contributed by atoms with Crippen molar-refractivity contribution in [3.8, 4) is 0 Å². The number of nitrogens with zero attached hydrogens (tertiary/aromatic N) is 1. The van der Waals surface area contributed by atoms with Crippen LogP contribution in [0.2, 0.25) is 0 Å². The Balaban J connectivity index is 2.61. The monoisotopic (exact) mass is 220 g/mol. The van der Waals surface area contributed by atoms with Gasteiger partial charge in [-0.2, -0.15) is 0 Å². The minimum absolute atomic E-state index is 0.0215. The number of fused-ring (bicyclic) bond motifs is 1. The molecule has 0 saturated heterocycles. The second-order valence-corrected chi connectivity index (χ2v) is 5.39. The van der Waals surface area contributed by atoms with Crippen LogP contribution in [0.15, 0.2) is 15.4 Å². The fourth-order valence-corrected chi connectivity index (χ4v) is 1.77. The molecule has 4 nitrogen and oxygen atoms in total. The summed E-state index contributed by atoms with van der Waals surface area (Å²) >= 11 is 0. The molecule has 16 heavy (non-hydrogen) atoms. The number of hydrogen-bond acceptors (Lipinski definition) is 3. The van der Waals surface area contributed by atoms with Crippen molar-refractivity contribution in [2.75, 3.05) is 0 Å². The first-order chi connectivity index (χ1) is 7.37. The smallest absolute Gasteiger partial charge is 0.240 e. The highest BCUT2D eigenvalue weighted by Crippen LogP contribution is 2.23. The van der Waals surface area contributed by atoms with Crippen LogP contribution in [0.25, 0.3) is 11.1 Å². The van der Waals surface area contributed by atoms with Crippen molar-refractivity contribution in [1.82, 2.24) is 10.1 Å². The first-order valence-electron chi connectivity index (χ1n) is 5.35. The summed E-state index contributed by atoms with van der Waals surface area (Å²) in [5, 5.41) is 4.56. The normalized spacial score (nSPS) is 12.2. The molecule has 0 aliphatic heterocycles. The quantitative estimate of drug-likeness (QED) is 0.802. The predicted molar refractivity (Wildman–Crippen MR) is 62.5 cm³/mol. The Hall–Kier alpha value is -1.58. The molecule has 0 aromatic carbocycles. The summed E-state index contributed by atoms with van der Waals surface area (Å²) < 4.78 is 5.15. The Morgan fingerprint density at radius 3 is 2.75 bits per heavy atom. The van der Waals surface area contributed by atoms with Crippen molar-refractivity contribution < 1.29 is 4.52 Å². The maximum Gasteiger partial charge on any atom is 0.240 e. The zero-order valence-corrected chi connectivity index (χ0v) is 10.0. The minimum Gasteiger partial charge on any atom is -0.337 e. The molecule has 2 heterocycles. The van der Waals surface area contributed by atoms with Crippen molar-refractivity contribution in [3.63, 3.8) is 0 Å². The lowest BCUT2D eigenvalue weighted by atomic mass is 9.90. The first kappa shape index (κ1) is 10.9. The van der Waals surface area contributed by atoms with Gasteiger partial charge in [0.05, 0.1) is 5.69 Å². The second-order valence-electron chi connectivity index (χ2n) is 5.39. The first-order valence-corrected chi connectivity index (χ1v) is 5.35. The lowest BCUT2D eigenvalue weighted by molar-refractivity contribution is 0.380. The Morgan fingerprint density at radius 2 is 2.12 bits per heavy atom. The SMILES string of the molecule is Cc1cc(=O)c2c(CC(C)(C)C)noc2[nH]1. The van der Waals surface area contributed by atoms with Gasteiger partial charge in [-0.1, -0.05) is 25.9 Å². The van der Waals surface area contributed by atoms with E-state index in [0.717, 1.165) is 17.8 Å². The second kappa shape index (κ2) is 3.47. The molecule has 0 spiro atoms. The van der Waals surface area contributed by atoms with Gasteiger partial charge >= 0.3 is 0 Å². The van der Waals surface area contributed by atoms with Crippen LogP contribution < -0.4 is 5.43 Å². The molecule has 2 rings (SSSR count). The molecule has 0 atom stereocenters. The molecular formula is C12H16N2O2. The van der Waals surface area contributed by atoms with Crippen molar-refractivity contribution in [2.45, 2.75) is 34.1 Å². The van der Waals surface area contributed by atoms with Gasteiger partial charge in [0.25, 0.3) is 0 Å². The average molecular weight is 220 g/mol. The minimum atomic E-state index is -0.0215. The van der Waals surface area contributed by atoms with E-state index in [-0.39, 0.29) is 10.8 Å². The van der Waals surface area contributed by atoms with E-state index in [9.17, 15) is 4.79 Å². The van der Waals surface area contributed by atoms with Gasteiger partial charge in [-0.15, -0.1) is 0 Å². The molecule has 0 unspecified atom stereocenters. The van der Waals surface area contributed by atoms with Gasteiger partial charge in [0.2, 0.25) is 5.71 Å². The van der Waals surface area contributed by atoms with E-state index >= 15 is 0 Å². The summed E-state index contributed by atoms with van der Waals surface area (Å²) in [6, 6.07) is 1.58. The average Bonchev–Trinajstić information content (AvgIpc) is 2.44. The summed E-state index contributed by atoms with van der Waals surface area (Å²) in [4.78, 5) is 14.9. The van der Waals surface area contributed by atoms with Gasteiger partial charge in [-0.25, -0.2) is 0 Å². The fraction of sp³-hybridized carbons (Fsp3) is 0.500. The molecule has 0 bridgehead atoms. The molecule has 0 amide bonds. The molecular weight excluding hydrogens is 204 g/mol. The van der Waals surface area contributed by atoms with E-state index < -0.39 is 0 Å². The Bertz CT molecular complexity index is 573. The number of pyridine rings is 1. The fourth-order valence-electron chi connectivity index (χ4n) is 1.77. The number of aromatic amines is 1. The number of aromatic nitrogens is 2. The van der Waals surface area contributed by atoms with Crippen molar-refractivity contribution >= 4 is 11.1 Å². The van der Waals surface area contributed by atoms with E-state index in [0.29, 0.717) is 11.1 Å². The Kier molecular flexibility index (Phi) is 2.37. The number of nitrogens with one attached hydrogen (secondary N) is 1. The van der Waals surface area contributed by atoms with Crippen LogP contribution >= 0.6 is 0 Å². The van der Waals surface area contributed by atoms with Crippen LogP contribution in [0.3, 0.4) is 0 Å². The summed E-state index contributed by atoms with van der Waals surface area (Å²) in [5.41, 5.74) is 2.07. The van der Waals surface area contributed by atoms with Crippen LogP contribution in [0.1, 0.15) is 32.2 Å². The molecule has 86 valence electrons. The summed E-state index contributed by atoms with van der Waals surface area (Å²) in [6.45, 7) is 8.15. The molecule has 0 aliphatic carbocycles. The van der Waals surface area contributed by atoms with Gasteiger partial charge in [0.1, 0.15) is 5.39 Å². The molecule has 2 aromatic rings. The standard InChI is InChI=1S/C12H16N2O2/c1-7-5-9(15)10-8(6-12(2,3)4)14-16-11(10)13-7/h5H,6H2,1-4H3,(H,13,15). The molecule has 0 saturated carbocycles. The van der Waals surface area contributed by atoms with E-state index in [1.807, 2.05) is 6.92 Å². The van der Waals surface area contributed by atoms with E-state index in [4.69, 9.17) is 4.52 Å². The third-order valence-electron chi connectivity index (χ3n) is 2.37. The summed E-state index contributed by atoms with van der Waals surface area (Å²) in [7, 11) is 0. The zero-order chi connectivity index (χ0) is 11.9. The van der Waals surface area contributed by atoms with Crippen LogP contribution in [0.5, 0.6) is 0 Å². The third-order valence-corrected chi connectivity index (χ3v) is 2.37. The molecule has 2 aromatic heterocycles. The van der Waals surface area contributed by atoms with Crippen molar-refractivity contribution in [3.05, 3.63) is 27.7 Å². The highest BCUT2D eigenvalue weighted by Gasteiger charge is 2.19. The maximum atomic E-state index is 11.8. The van der Waals surface area contributed by atoms with Crippen molar-refractivity contribution in [2.24, 2.45) is 5.41 Å². The summed E-state index contributed by atoms with van der Waals surface area (Å²) in [5.74, 6) is 0.